The van der Waals surface area contributed by atoms with Gasteiger partial charge in [-0.25, -0.2) is 0 Å². The molecular weight excluding hydrogens is 428 g/mol. The van der Waals surface area contributed by atoms with Crippen LogP contribution in [0.5, 0.6) is 5.75 Å². The third-order valence-corrected chi connectivity index (χ3v) is 6.03. The molecular formula is C25H29ClN2O4. The van der Waals surface area contributed by atoms with Crippen LogP contribution in [-0.2, 0) is 9.59 Å². The topological polar surface area (TPSA) is 70.1 Å². The molecule has 1 N–H and O–H groups in total. The summed E-state index contributed by atoms with van der Waals surface area (Å²) in [6.45, 7) is 2.51. The molecule has 1 amide bonds. The molecule has 6 nitrogen and oxygen atoms in total. The number of ether oxygens (including phenoxy) is 1. The predicted octanol–water partition coefficient (Wildman–Crippen LogP) is 5.03. The summed E-state index contributed by atoms with van der Waals surface area (Å²) in [6.07, 6.45) is 2.71. The fraction of sp³-hybridized carbons (Fsp3) is 0.360. The first-order valence-corrected chi connectivity index (χ1v) is 11.1. The smallest absolute Gasteiger partial charge is 0.295 e. The van der Waals surface area contributed by atoms with Crippen LogP contribution in [0, 0.1) is 0 Å². The zero-order valence-electron chi connectivity index (χ0n) is 18.9. The van der Waals surface area contributed by atoms with Gasteiger partial charge in [-0.2, -0.15) is 0 Å². The van der Waals surface area contributed by atoms with E-state index in [2.05, 4.69) is 6.92 Å². The number of hydrogen-bond donors (Lipinski definition) is 1. The minimum absolute atomic E-state index is 0.0410. The van der Waals surface area contributed by atoms with Gasteiger partial charge in [0.15, 0.2) is 0 Å². The molecule has 0 saturated carbocycles. The summed E-state index contributed by atoms with van der Waals surface area (Å²) in [7, 11) is 5.39. The number of aliphatic hydroxyl groups is 1. The number of benzene rings is 2. The molecule has 170 valence electrons. The number of amides is 1. The Morgan fingerprint density at radius 2 is 1.81 bits per heavy atom. The molecule has 0 spiro atoms. The average Bonchev–Trinajstić information content (AvgIpc) is 3.04. The van der Waals surface area contributed by atoms with Crippen molar-refractivity contribution in [1.29, 1.82) is 0 Å². The largest absolute Gasteiger partial charge is 0.507 e. The summed E-state index contributed by atoms with van der Waals surface area (Å²) in [5.74, 6) is -1.13. The molecule has 1 aliphatic heterocycles. The summed E-state index contributed by atoms with van der Waals surface area (Å²) >= 11 is 6.33. The van der Waals surface area contributed by atoms with E-state index in [-0.39, 0.29) is 21.9 Å². The first kappa shape index (κ1) is 23.7. The molecule has 7 heteroatoms. The Hall–Kier alpha value is -2.99. The number of methoxy groups -OCH3 is 1. The van der Waals surface area contributed by atoms with Gasteiger partial charge in [-0.15, -0.1) is 0 Å². The van der Waals surface area contributed by atoms with Gasteiger partial charge in [-0.1, -0.05) is 43.5 Å². The molecule has 1 fully saturated rings. The van der Waals surface area contributed by atoms with Crippen LogP contribution in [0.15, 0.2) is 48.0 Å². The minimum Gasteiger partial charge on any atom is -0.507 e. The summed E-state index contributed by atoms with van der Waals surface area (Å²) in [4.78, 5) is 29.6. The lowest BCUT2D eigenvalue weighted by Crippen LogP contribution is -2.30. The number of ketones is 1. The fourth-order valence-electron chi connectivity index (χ4n) is 3.90. The average molecular weight is 457 g/mol. The number of anilines is 1. The quantitative estimate of drug-likeness (QED) is 0.261. The van der Waals surface area contributed by atoms with Gasteiger partial charge in [0.1, 0.15) is 11.5 Å². The molecule has 2 aromatic carbocycles. The van der Waals surface area contributed by atoms with Gasteiger partial charge in [0.05, 0.1) is 23.7 Å². The van der Waals surface area contributed by atoms with Crippen LogP contribution in [0.4, 0.5) is 5.69 Å². The Morgan fingerprint density at radius 1 is 1.12 bits per heavy atom. The number of rotatable bonds is 8. The summed E-state index contributed by atoms with van der Waals surface area (Å²) in [5, 5.41) is 11.5. The fourth-order valence-corrected chi connectivity index (χ4v) is 4.11. The van der Waals surface area contributed by atoms with E-state index in [0.717, 1.165) is 30.5 Å². The molecule has 1 unspecified atom stereocenters. The predicted molar refractivity (Wildman–Crippen MR) is 127 cm³/mol. The van der Waals surface area contributed by atoms with E-state index >= 15 is 0 Å². The SMILES string of the molecule is CCCCCN1C(=O)C(=O)/C(=C(/O)c2cc(OC)ccc2Cl)C1c1ccc(N(C)C)cc1. The number of carbonyl (C=O) groups excluding carboxylic acids is 2. The van der Waals surface area contributed by atoms with Crippen molar-refractivity contribution in [3.63, 3.8) is 0 Å². The van der Waals surface area contributed by atoms with Crippen LogP contribution in [0.25, 0.3) is 5.76 Å². The number of carbonyl (C=O) groups is 2. The van der Waals surface area contributed by atoms with E-state index in [9.17, 15) is 14.7 Å². The lowest BCUT2D eigenvalue weighted by Gasteiger charge is -2.26. The Balaban J connectivity index is 2.16. The van der Waals surface area contributed by atoms with Crippen molar-refractivity contribution in [2.24, 2.45) is 0 Å². The van der Waals surface area contributed by atoms with E-state index in [1.807, 2.05) is 43.3 Å². The molecule has 1 heterocycles. The number of halogens is 1. The number of nitrogens with zero attached hydrogens (tertiary/aromatic N) is 2. The van der Waals surface area contributed by atoms with Crippen molar-refractivity contribution >= 4 is 34.7 Å². The third kappa shape index (κ3) is 4.60. The van der Waals surface area contributed by atoms with Gasteiger partial charge in [0, 0.05) is 31.9 Å². The highest BCUT2D eigenvalue weighted by Gasteiger charge is 2.46. The highest BCUT2D eigenvalue weighted by atomic mass is 35.5. The molecule has 1 atom stereocenters. The first-order valence-electron chi connectivity index (χ1n) is 10.7. The van der Waals surface area contributed by atoms with Gasteiger partial charge in [0.25, 0.3) is 11.7 Å². The Labute approximate surface area is 194 Å². The van der Waals surface area contributed by atoms with Crippen molar-refractivity contribution in [2.45, 2.75) is 32.2 Å². The van der Waals surface area contributed by atoms with E-state index in [1.54, 1.807) is 23.1 Å². The maximum atomic E-state index is 13.1. The number of Topliss-reactive ketones (excluding diaryl/α,β-unsaturated/α-hetero) is 1. The lowest BCUT2D eigenvalue weighted by atomic mass is 9.95. The Bertz CT molecular complexity index is 1030. The molecule has 32 heavy (non-hydrogen) atoms. The van der Waals surface area contributed by atoms with Crippen LogP contribution >= 0.6 is 11.6 Å². The molecule has 1 aliphatic rings. The Morgan fingerprint density at radius 3 is 2.41 bits per heavy atom. The normalized spacial score (nSPS) is 17.7. The maximum absolute atomic E-state index is 13.1. The molecule has 1 saturated heterocycles. The van der Waals surface area contributed by atoms with E-state index < -0.39 is 17.7 Å². The van der Waals surface area contributed by atoms with Crippen molar-refractivity contribution in [1.82, 2.24) is 4.90 Å². The summed E-state index contributed by atoms with van der Waals surface area (Å²) in [5.41, 5.74) is 2.05. The molecule has 0 aliphatic carbocycles. The van der Waals surface area contributed by atoms with E-state index in [4.69, 9.17) is 16.3 Å². The van der Waals surface area contributed by atoms with Crippen LogP contribution in [0.2, 0.25) is 5.02 Å². The zero-order valence-corrected chi connectivity index (χ0v) is 19.6. The number of unbranched alkanes of at least 4 members (excludes halogenated alkanes) is 2. The van der Waals surface area contributed by atoms with Gasteiger partial charge in [-0.05, 0) is 42.3 Å². The third-order valence-electron chi connectivity index (χ3n) is 5.70. The Kier molecular flexibility index (Phi) is 7.46. The second-order valence-corrected chi connectivity index (χ2v) is 8.44. The minimum atomic E-state index is -0.709. The zero-order chi connectivity index (χ0) is 23.4. The van der Waals surface area contributed by atoms with Crippen molar-refractivity contribution < 1.29 is 19.4 Å². The molecule has 3 rings (SSSR count). The number of likely N-dealkylation sites (tertiary alicyclic amines) is 1. The highest BCUT2D eigenvalue weighted by molar-refractivity contribution is 6.47. The summed E-state index contributed by atoms with van der Waals surface area (Å²) < 4.78 is 5.24. The second-order valence-electron chi connectivity index (χ2n) is 8.03. The number of hydrogen-bond acceptors (Lipinski definition) is 5. The first-order chi connectivity index (χ1) is 15.3. The van der Waals surface area contributed by atoms with Gasteiger partial charge in [-0.3, -0.25) is 9.59 Å². The molecule has 0 aromatic heterocycles. The summed E-state index contributed by atoms with van der Waals surface area (Å²) in [6, 6.07) is 11.8. The standard InChI is InChI=1S/C25H29ClN2O4/c1-5-6-7-14-28-22(16-8-10-17(11-9-16)27(2)3)21(24(30)25(28)31)23(29)19-15-18(32-4)12-13-20(19)26/h8-13,15,22,29H,5-7,14H2,1-4H3/b23-21+. The molecule has 2 aromatic rings. The van der Waals surface area contributed by atoms with Crippen molar-refractivity contribution in [3.8, 4) is 5.75 Å². The maximum Gasteiger partial charge on any atom is 0.295 e. The second kappa shape index (κ2) is 10.1. The van der Waals surface area contributed by atoms with Crippen molar-refractivity contribution in [3.05, 3.63) is 64.2 Å². The van der Waals surface area contributed by atoms with Gasteiger partial charge < -0.3 is 19.6 Å². The van der Waals surface area contributed by atoms with Gasteiger partial charge in [0.2, 0.25) is 0 Å². The lowest BCUT2D eigenvalue weighted by molar-refractivity contribution is -0.139. The van der Waals surface area contributed by atoms with Crippen molar-refractivity contribution in [2.75, 3.05) is 32.6 Å². The van der Waals surface area contributed by atoms with Crippen LogP contribution in [0.1, 0.15) is 43.4 Å². The van der Waals surface area contributed by atoms with E-state index in [1.165, 1.54) is 7.11 Å². The van der Waals surface area contributed by atoms with Gasteiger partial charge >= 0.3 is 0 Å². The number of aliphatic hydroxyl groups excluding tert-OH is 1. The highest BCUT2D eigenvalue weighted by Crippen LogP contribution is 2.41. The van der Waals surface area contributed by atoms with E-state index in [0.29, 0.717) is 12.3 Å². The molecule has 0 bridgehead atoms. The van der Waals surface area contributed by atoms with Crippen LogP contribution in [0.3, 0.4) is 0 Å². The molecule has 0 radical (unpaired) electrons. The van der Waals surface area contributed by atoms with Crippen LogP contribution in [-0.4, -0.2) is 49.4 Å². The monoisotopic (exact) mass is 456 g/mol. The van der Waals surface area contributed by atoms with Crippen LogP contribution < -0.4 is 9.64 Å².